The fraction of sp³-hybridized carbons (Fsp3) is 0.100. The van der Waals surface area contributed by atoms with Gasteiger partial charge < -0.3 is 0 Å². The third-order valence-electron chi connectivity index (χ3n) is 4.19. The van der Waals surface area contributed by atoms with Gasteiger partial charge in [0.2, 0.25) is 15.0 Å². The van der Waals surface area contributed by atoms with E-state index in [1.807, 2.05) is 50.2 Å². The van der Waals surface area contributed by atoms with Crippen molar-refractivity contribution in [1.29, 1.82) is 0 Å². The van der Waals surface area contributed by atoms with Gasteiger partial charge in [0.15, 0.2) is 4.21 Å². The van der Waals surface area contributed by atoms with Crippen LogP contribution in [0.5, 0.6) is 0 Å². The van der Waals surface area contributed by atoms with Crippen molar-refractivity contribution >= 4 is 32.8 Å². The molecule has 8 heteroatoms. The normalized spacial score (nSPS) is 11.7. The molecule has 2 aromatic heterocycles. The zero-order valence-electron chi connectivity index (χ0n) is 15.1. The summed E-state index contributed by atoms with van der Waals surface area (Å²) in [5.41, 5.74) is 2.89. The summed E-state index contributed by atoms with van der Waals surface area (Å²) in [5, 5.41) is 5.44. The van der Waals surface area contributed by atoms with E-state index in [1.165, 1.54) is 12.1 Å². The van der Waals surface area contributed by atoms with Crippen LogP contribution >= 0.6 is 22.9 Å². The molecule has 28 heavy (non-hydrogen) atoms. The molecule has 0 spiro atoms. The van der Waals surface area contributed by atoms with Gasteiger partial charge in [-0.05, 0) is 44.2 Å². The molecule has 0 aliphatic carbocycles. The Bertz CT molecular complexity index is 1240. The van der Waals surface area contributed by atoms with E-state index in [9.17, 15) is 8.42 Å². The zero-order valence-corrected chi connectivity index (χ0v) is 17.5. The third-order valence-corrected chi connectivity index (χ3v) is 7.75. The van der Waals surface area contributed by atoms with Gasteiger partial charge in [-0.25, -0.2) is 18.1 Å². The van der Waals surface area contributed by atoms with Crippen LogP contribution in [0.3, 0.4) is 0 Å². The van der Waals surface area contributed by atoms with Crippen molar-refractivity contribution in [3.05, 3.63) is 77.1 Å². The van der Waals surface area contributed by atoms with E-state index in [2.05, 4.69) is 10.1 Å². The molecular formula is C20H16ClN3O2S2. The van der Waals surface area contributed by atoms with Crippen molar-refractivity contribution in [2.75, 3.05) is 0 Å². The van der Waals surface area contributed by atoms with Gasteiger partial charge in [-0.2, -0.15) is 5.10 Å². The molecule has 0 saturated heterocycles. The van der Waals surface area contributed by atoms with Crippen molar-refractivity contribution in [1.82, 2.24) is 14.8 Å². The minimum absolute atomic E-state index is 0.178. The highest BCUT2D eigenvalue weighted by Gasteiger charge is 2.28. The Hall–Kier alpha value is -2.48. The number of aromatic nitrogens is 3. The van der Waals surface area contributed by atoms with Crippen LogP contribution in [0.15, 0.2) is 69.8 Å². The number of hydrogen-bond acceptors (Lipinski definition) is 5. The Balaban J connectivity index is 1.95. The highest BCUT2D eigenvalue weighted by atomic mass is 35.5. The second-order valence-corrected chi connectivity index (χ2v) is 9.85. The fourth-order valence-corrected chi connectivity index (χ4v) is 5.93. The number of benzene rings is 2. The summed E-state index contributed by atoms with van der Waals surface area (Å²) in [5.74, 6) is 0. The number of rotatable bonds is 4. The molecule has 0 radical (unpaired) electrons. The largest absolute Gasteiger partial charge is 0.218 e. The van der Waals surface area contributed by atoms with Gasteiger partial charge in [0.05, 0.1) is 10.6 Å². The first-order chi connectivity index (χ1) is 13.4. The first kappa shape index (κ1) is 18.9. The van der Waals surface area contributed by atoms with Crippen molar-refractivity contribution in [3.8, 4) is 16.4 Å². The molecule has 0 bridgehead atoms. The lowest BCUT2D eigenvalue weighted by atomic mass is 10.2. The third kappa shape index (κ3) is 3.37. The first-order valence-corrected chi connectivity index (χ1v) is 11.1. The van der Waals surface area contributed by atoms with E-state index in [1.54, 1.807) is 16.8 Å². The topological polar surface area (TPSA) is 64.8 Å². The molecule has 0 aliphatic heterocycles. The lowest BCUT2D eigenvalue weighted by Crippen LogP contribution is -2.01. The van der Waals surface area contributed by atoms with Gasteiger partial charge in [-0.3, -0.25) is 0 Å². The lowest BCUT2D eigenvalue weighted by molar-refractivity contribution is 0.598. The summed E-state index contributed by atoms with van der Waals surface area (Å²) in [6.07, 6.45) is 0. The van der Waals surface area contributed by atoms with Crippen molar-refractivity contribution in [3.63, 3.8) is 0 Å². The fourth-order valence-electron chi connectivity index (χ4n) is 2.89. The van der Waals surface area contributed by atoms with E-state index >= 15 is 0 Å². The van der Waals surface area contributed by atoms with Gasteiger partial charge in [0, 0.05) is 16.3 Å². The molecular weight excluding hydrogens is 414 g/mol. The maximum Gasteiger partial charge on any atom is 0.218 e. The second-order valence-electron chi connectivity index (χ2n) is 6.29. The maximum absolute atomic E-state index is 13.4. The minimum atomic E-state index is -3.77. The average Bonchev–Trinajstić information content (AvgIpc) is 3.26. The molecule has 0 atom stereocenters. The molecule has 0 N–H and O–H groups in total. The highest BCUT2D eigenvalue weighted by molar-refractivity contribution is 7.93. The van der Waals surface area contributed by atoms with Crippen LogP contribution < -0.4 is 0 Å². The Labute approximate surface area is 172 Å². The van der Waals surface area contributed by atoms with Crippen LogP contribution in [0.4, 0.5) is 0 Å². The Kier molecular flexibility index (Phi) is 4.82. The molecule has 4 aromatic rings. The van der Waals surface area contributed by atoms with Crippen molar-refractivity contribution in [2.24, 2.45) is 0 Å². The number of halogens is 1. The number of nitrogens with zero attached hydrogens (tertiary/aromatic N) is 3. The van der Waals surface area contributed by atoms with Crippen LogP contribution in [0, 0.1) is 13.8 Å². The number of sulfone groups is 1. The van der Waals surface area contributed by atoms with Crippen LogP contribution in [0.2, 0.25) is 5.02 Å². The summed E-state index contributed by atoms with van der Waals surface area (Å²) in [6, 6.07) is 17.4. The number of aryl methyl sites for hydroxylation is 2. The van der Waals surface area contributed by atoms with Crippen molar-refractivity contribution < 1.29 is 8.42 Å². The molecule has 5 nitrogen and oxygen atoms in total. The summed E-state index contributed by atoms with van der Waals surface area (Å²) in [4.78, 5) is 4.83. The second kappa shape index (κ2) is 7.16. The first-order valence-electron chi connectivity index (χ1n) is 8.47. The monoisotopic (exact) mass is 429 g/mol. The van der Waals surface area contributed by atoms with Gasteiger partial charge in [0.1, 0.15) is 5.69 Å². The smallest absolute Gasteiger partial charge is 0.218 e. The predicted octanol–water partition coefficient (Wildman–Crippen LogP) is 5.10. The van der Waals surface area contributed by atoms with Crippen LogP contribution in [0.1, 0.15) is 11.4 Å². The van der Waals surface area contributed by atoms with Crippen LogP contribution in [-0.2, 0) is 9.84 Å². The molecule has 4 rings (SSSR count). The Morgan fingerprint density at radius 3 is 2.29 bits per heavy atom. The molecule has 142 valence electrons. The molecule has 0 amide bonds. The van der Waals surface area contributed by atoms with E-state index < -0.39 is 9.84 Å². The van der Waals surface area contributed by atoms with Gasteiger partial charge in [-0.15, -0.1) is 0 Å². The van der Waals surface area contributed by atoms with E-state index in [-0.39, 0.29) is 9.10 Å². The summed E-state index contributed by atoms with van der Waals surface area (Å²) in [7, 11) is -3.77. The maximum atomic E-state index is 13.4. The quantitative estimate of drug-likeness (QED) is 0.452. The van der Waals surface area contributed by atoms with E-state index in [0.717, 1.165) is 28.3 Å². The van der Waals surface area contributed by atoms with Crippen LogP contribution in [0.25, 0.3) is 16.4 Å². The minimum Gasteiger partial charge on any atom is -0.218 e. The van der Waals surface area contributed by atoms with Gasteiger partial charge in [0.25, 0.3) is 0 Å². The number of hydrogen-bond donors (Lipinski definition) is 0. The van der Waals surface area contributed by atoms with E-state index in [4.69, 9.17) is 11.6 Å². The predicted molar refractivity (Wildman–Crippen MR) is 111 cm³/mol. The Morgan fingerprint density at radius 1 is 1.00 bits per heavy atom. The molecule has 0 unspecified atom stereocenters. The molecule has 0 fully saturated rings. The Morgan fingerprint density at radius 2 is 1.68 bits per heavy atom. The SMILES string of the molecule is Cc1cc(C)n(-c2nc(-c3ccccc3)c(S(=O)(=O)c3ccc(Cl)cc3)s2)n1. The summed E-state index contributed by atoms with van der Waals surface area (Å²) >= 11 is 7.03. The van der Waals surface area contributed by atoms with E-state index in [0.29, 0.717) is 15.8 Å². The highest BCUT2D eigenvalue weighted by Crippen LogP contribution is 2.37. The zero-order chi connectivity index (χ0) is 19.9. The molecule has 2 heterocycles. The molecule has 0 aliphatic rings. The van der Waals surface area contributed by atoms with Gasteiger partial charge in [-0.1, -0.05) is 53.3 Å². The summed E-state index contributed by atoms with van der Waals surface area (Å²) < 4.78 is 28.6. The van der Waals surface area contributed by atoms with Crippen LogP contribution in [-0.4, -0.2) is 23.2 Å². The van der Waals surface area contributed by atoms with Crippen molar-refractivity contribution in [2.45, 2.75) is 23.0 Å². The number of thiazole rings is 1. The summed E-state index contributed by atoms with van der Waals surface area (Å²) in [6.45, 7) is 3.80. The van der Waals surface area contributed by atoms with Gasteiger partial charge >= 0.3 is 0 Å². The molecule has 0 saturated carbocycles. The average molecular weight is 430 g/mol. The lowest BCUT2D eigenvalue weighted by Gasteiger charge is -2.05. The molecule has 2 aromatic carbocycles. The standard InChI is InChI=1S/C20H16ClN3O2S2/c1-13-12-14(2)24(23-13)20-22-18(15-6-4-3-5-7-15)19(27-20)28(25,26)17-10-8-16(21)9-11-17/h3-12H,1-2H3.